The minimum Gasteiger partial charge on any atom is -0.342 e. The molecule has 2 heterocycles. The fraction of sp³-hybridized carbons (Fsp3) is 0.464. The maximum absolute atomic E-state index is 13.5. The van der Waals surface area contributed by atoms with Crippen LogP contribution in [-0.4, -0.2) is 40.4 Å². The predicted octanol–water partition coefficient (Wildman–Crippen LogP) is 4.87. The number of hydrogen-bond acceptors (Lipinski definition) is 5. The SMILES string of the molecule is CCc1cc(-c2ccc(C#N)cn2)cc(Cl)c1C1C(=O)CC2(CCN(C(=O)C3CC3)CC2)CC1=O. The molecule has 6 nitrogen and oxygen atoms in total. The Labute approximate surface area is 210 Å². The van der Waals surface area contributed by atoms with Gasteiger partial charge in [-0.15, -0.1) is 0 Å². The first-order chi connectivity index (χ1) is 16.8. The number of halogens is 1. The third-order valence-corrected chi connectivity index (χ3v) is 8.19. The van der Waals surface area contributed by atoms with Crippen LogP contribution in [0.2, 0.25) is 5.02 Å². The van der Waals surface area contributed by atoms with Crippen molar-refractivity contribution in [1.82, 2.24) is 9.88 Å². The van der Waals surface area contributed by atoms with Gasteiger partial charge in [0.2, 0.25) is 5.91 Å². The lowest BCUT2D eigenvalue weighted by Gasteiger charge is -2.45. The standard InChI is InChI=1S/C28H28ClN3O3/c1-2-18-11-20(22-6-3-17(15-30)16-31-22)12-21(29)25(18)26-23(33)13-28(14-24(26)34)7-9-32(10-8-28)27(35)19-4-5-19/h3,6,11-12,16,19,26H,2,4-5,7-10,13-14H2,1H3. The number of rotatable bonds is 4. The number of Topliss-reactive ketones (excluding diaryl/α,β-unsaturated/α-hetero) is 2. The summed E-state index contributed by atoms with van der Waals surface area (Å²) >= 11 is 6.72. The maximum Gasteiger partial charge on any atom is 0.225 e. The van der Waals surface area contributed by atoms with Gasteiger partial charge in [-0.05, 0) is 72.9 Å². The van der Waals surface area contributed by atoms with Crippen LogP contribution in [0.15, 0.2) is 30.5 Å². The van der Waals surface area contributed by atoms with Gasteiger partial charge in [0, 0.05) is 48.6 Å². The summed E-state index contributed by atoms with van der Waals surface area (Å²) in [7, 11) is 0. The number of carbonyl (C=O) groups is 3. The molecule has 0 radical (unpaired) electrons. The summed E-state index contributed by atoms with van der Waals surface area (Å²) in [6, 6.07) is 9.24. The molecule has 0 N–H and O–H groups in total. The van der Waals surface area contributed by atoms with Crippen LogP contribution in [0, 0.1) is 22.7 Å². The lowest BCUT2D eigenvalue weighted by atomic mass is 9.63. The van der Waals surface area contributed by atoms with E-state index in [1.54, 1.807) is 18.2 Å². The van der Waals surface area contributed by atoms with E-state index < -0.39 is 5.92 Å². The van der Waals surface area contributed by atoms with E-state index >= 15 is 0 Å². The van der Waals surface area contributed by atoms with E-state index in [0.717, 1.165) is 24.0 Å². The van der Waals surface area contributed by atoms with Crippen molar-refractivity contribution in [2.45, 2.75) is 57.8 Å². The van der Waals surface area contributed by atoms with Crippen LogP contribution in [0.25, 0.3) is 11.3 Å². The smallest absolute Gasteiger partial charge is 0.225 e. The van der Waals surface area contributed by atoms with Crippen molar-refractivity contribution < 1.29 is 14.4 Å². The lowest BCUT2D eigenvalue weighted by Crippen LogP contribution is -2.48. The maximum atomic E-state index is 13.5. The van der Waals surface area contributed by atoms with Crippen LogP contribution in [0.1, 0.15) is 68.1 Å². The molecule has 1 spiro atoms. The highest BCUT2D eigenvalue weighted by Crippen LogP contribution is 2.48. The average molecular weight is 490 g/mol. The molecule has 0 unspecified atom stereocenters. The van der Waals surface area contributed by atoms with E-state index in [2.05, 4.69) is 11.1 Å². The summed E-state index contributed by atoms with van der Waals surface area (Å²) in [5.74, 6) is -0.534. The van der Waals surface area contributed by atoms with Crippen molar-refractivity contribution in [1.29, 1.82) is 5.26 Å². The molecular formula is C28H28ClN3O3. The molecule has 0 atom stereocenters. The van der Waals surface area contributed by atoms with Gasteiger partial charge in [0.15, 0.2) is 0 Å². The van der Waals surface area contributed by atoms with Gasteiger partial charge in [0.05, 0.1) is 11.3 Å². The van der Waals surface area contributed by atoms with Gasteiger partial charge in [0.25, 0.3) is 0 Å². The molecule has 1 aromatic carbocycles. The number of ketones is 2. The number of carbonyl (C=O) groups excluding carboxylic acids is 3. The van der Waals surface area contributed by atoms with Crippen LogP contribution >= 0.6 is 11.6 Å². The Morgan fingerprint density at radius 1 is 1.17 bits per heavy atom. The number of benzene rings is 1. The first kappa shape index (κ1) is 23.7. The number of aryl methyl sites for hydroxylation is 1. The van der Waals surface area contributed by atoms with Gasteiger partial charge in [-0.1, -0.05) is 18.5 Å². The predicted molar refractivity (Wildman–Crippen MR) is 132 cm³/mol. The molecule has 2 aliphatic carbocycles. The number of likely N-dealkylation sites (tertiary alicyclic amines) is 1. The molecule has 1 aliphatic heterocycles. The summed E-state index contributed by atoms with van der Waals surface area (Å²) in [6.45, 7) is 3.25. The first-order valence-electron chi connectivity index (χ1n) is 12.4. The zero-order valence-electron chi connectivity index (χ0n) is 19.8. The monoisotopic (exact) mass is 489 g/mol. The molecule has 2 saturated carbocycles. The summed E-state index contributed by atoms with van der Waals surface area (Å²) in [4.78, 5) is 45.6. The summed E-state index contributed by atoms with van der Waals surface area (Å²) < 4.78 is 0. The van der Waals surface area contributed by atoms with Crippen molar-refractivity contribution in [2.75, 3.05) is 13.1 Å². The van der Waals surface area contributed by atoms with E-state index in [9.17, 15) is 14.4 Å². The summed E-state index contributed by atoms with van der Waals surface area (Å²) in [5, 5.41) is 9.42. The molecule has 5 rings (SSSR count). The fourth-order valence-corrected chi connectivity index (χ4v) is 6.07. The van der Waals surface area contributed by atoms with Crippen LogP contribution in [0.4, 0.5) is 0 Å². The van der Waals surface area contributed by atoms with Crippen LogP contribution in [0.5, 0.6) is 0 Å². The highest BCUT2D eigenvalue weighted by Gasteiger charge is 2.48. The second-order valence-electron chi connectivity index (χ2n) is 10.2. The summed E-state index contributed by atoms with van der Waals surface area (Å²) in [5.41, 5.74) is 3.10. The molecule has 1 saturated heterocycles. The molecule has 3 fully saturated rings. The van der Waals surface area contributed by atoms with Gasteiger partial charge < -0.3 is 4.90 Å². The Hall–Kier alpha value is -3.04. The second kappa shape index (κ2) is 9.20. The molecule has 7 heteroatoms. The zero-order chi connectivity index (χ0) is 24.7. The number of aromatic nitrogens is 1. The quantitative estimate of drug-likeness (QED) is 0.571. The Morgan fingerprint density at radius 2 is 1.86 bits per heavy atom. The number of pyridine rings is 1. The van der Waals surface area contributed by atoms with Crippen molar-refractivity contribution in [3.05, 3.63) is 52.2 Å². The van der Waals surface area contributed by atoms with Crippen molar-refractivity contribution >= 4 is 29.1 Å². The molecule has 3 aliphatic rings. The Balaban J connectivity index is 1.37. The third-order valence-electron chi connectivity index (χ3n) is 7.88. The van der Waals surface area contributed by atoms with E-state index in [0.29, 0.717) is 67.0 Å². The van der Waals surface area contributed by atoms with E-state index in [4.69, 9.17) is 16.9 Å². The number of piperidine rings is 1. The average Bonchev–Trinajstić information content (AvgIpc) is 3.70. The second-order valence-corrected chi connectivity index (χ2v) is 10.7. The highest BCUT2D eigenvalue weighted by molar-refractivity contribution is 6.33. The normalized spacial score (nSPS) is 20.2. The van der Waals surface area contributed by atoms with Gasteiger partial charge in [-0.25, -0.2) is 0 Å². The van der Waals surface area contributed by atoms with Gasteiger partial charge in [0.1, 0.15) is 23.6 Å². The van der Waals surface area contributed by atoms with Crippen molar-refractivity contribution in [2.24, 2.45) is 11.3 Å². The number of nitriles is 1. The Bertz CT molecular complexity index is 1220. The van der Waals surface area contributed by atoms with Gasteiger partial charge in [-0.3, -0.25) is 19.4 Å². The van der Waals surface area contributed by atoms with Crippen molar-refractivity contribution in [3.63, 3.8) is 0 Å². The number of hydrogen-bond donors (Lipinski definition) is 0. The van der Waals surface area contributed by atoms with Crippen LogP contribution in [0.3, 0.4) is 0 Å². The molecule has 1 aromatic heterocycles. The molecule has 0 bridgehead atoms. The van der Waals surface area contributed by atoms with Gasteiger partial charge >= 0.3 is 0 Å². The molecule has 2 aromatic rings. The molecule has 1 amide bonds. The molecule has 180 valence electrons. The molecular weight excluding hydrogens is 462 g/mol. The summed E-state index contributed by atoms with van der Waals surface area (Å²) in [6.07, 6.45) is 6.22. The van der Waals surface area contributed by atoms with E-state index in [-0.39, 0.29) is 28.8 Å². The number of amides is 1. The molecule has 35 heavy (non-hydrogen) atoms. The van der Waals surface area contributed by atoms with E-state index in [1.807, 2.05) is 17.9 Å². The first-order valence-corrected chi connectivity index (χ1v) is 12.7. The Kier molecular flexibility index (Phi) is 6.23. The van der Waals surface area contributed by atoms with E-state index in [1.165, 1.54) is 6.20 Å². The third kappa shape index (κ3) is 4.50. The minimum absolute atomic E-state index is 0.0657. The zero-order valence-corrected chi connectivity index (χ0v) is 20.6. The van der Waals surface area contributed by atoms with Crippen LogP contribution < -0.4 is 0 Å². The Morgan fingerprint density at radius 3 is 2.40 bits per heavy atom. The highest BCUT2D eigenvalue weighted by atomic mass is 35.5. The van der Waals surface area contributed by atoms with Crippen LogP contribution in [-0.2, 0) is 20.8 Å². The van der Waals surface area contributed by atoms with Gasteiger partial charge in [-0.2, -0.15) is 5.26 Å². The minimum atomic E-state index is -0.836. The number of nitrogens with zero attached hydrogens (tertiary/aromatic N) is 3. The topological polar surface area (TPSA) is 91.1 Å². The fourth-order valence-electron chi connectivity index (χ4n) is 5.72. The lowest BCUT2D eigenvalue weighted by molar-refractivity contribution is -0.140. The van der Waals surface area contributed by atoms with Crippen molar-refractivity contribution in [3.8, 4) is 17.3 Å². The largest absolute Gasteiger partial charge is 0.342 e.